The maximum atomic E-state index is 12.8. The Bertz CT molecular complexity index is 724. The summed E-state index contributed by atoms with van der Waals surface area (Å²) in [7, 11) is 1.93. The van der Waals surface area contributed by atoms with Crippen molar-refractivity contribution in [1.29, 1.82) is 0 Å². The predicted octanol–water partition coefficient (Wildman–Crippen LogP) is 1.98. The average Bonchev–Trinajstić information content (AvgIpc) is 2.88. The van der Waals surface area contributed by atoms with Crippen LogP contribution in [0.25, 0.3) is 0 Å². The fraction of sp³-hybridized carbons (Fsp3) is 0.526. The molecule has 1 fully saturated rings. The third-order valence-corrected chi connectivity index (χ3v) is 4.49. The molecule has 1 aliphatic rings. The first kappa shape index (κ1) is 18.4. The van der Waals surface area contributed by atoms with Crippen molar-refractivity contribution in [2.75, 3.05) is 31.5 Å². The molecule has 0 spiro atoms. The summed E-state index contributed by atoms with van der Waals surface area (Å²) in [6.45, 7) is 8.41. The quantitative estimate of drug-likeness (QED) is 0.887. The lowest BCUT2D eigenvalue weighted by atomic mass is 10.2. The number of pyridine rings is 1. The highest BCUT2D eigenvalue weighted by molar-refractivity contribution is 5.94. The Balaban J connectivity index is 1.56. The van der Waals surface area contributed by atoms with Crippen LogP contribution in [-0.4, -0.2) is 62.7 Å². The molecule has 0 bridgehead atoms. The van der Waals surface area contributed by atoms with Crippen molar-refractivity contribution in [3.05, 3.63) is 41.9 Å². The molecule has 2 aromatic rings. The van der Waals surface area contributed by atoms with Crippen LogP contribution in [0.1, 0.15) is 36.2 Å². The van der Waals surface area contributed by atoms with Gasteiger partial charge in [0.25, 0.3) is 5.91 Å². The highest BCUT2D eigenvalue weighted by Gasteiger charge is 2.21. The van der Waals surface area contributed by atoms with Gasteiger partial charge in [-0.25, -0.2) is 4.98 Å². The Morgan fingerprint density at radius 2 is 2.04 bits per heavy atom. The van der Waals surface area contributed by atoms with Gasteiger partial charge >= 0.3 is 0 Å². The van der Waals surface area contributed by atoms with Crippen molar-refractivity contribution in [2.24, 2.45) is 7.05 Å². The van der Waals surface area contributed by atoms with Crippen molar-refractivity contribution >= 4 is 11.7 Å². The Morgan fingerprint density at radius 1 is 1.19 bits per heavy atom. The topological polar surface area (TPSA) is 66.3 Å². The normalized spacial score (nSPS) is 15.9. The van der Waals surface area contributed by atoms with Gasteiger partial charge in [-0.3, -0.25) is 14.4 Å². The lowest BCUT2D eigenvalue weighted by molar-refractivity contribution is 0.0760. The summed E-state index contributed by atoms with van der Waals surface area (Å²) in [4.78, 5) is 21.5. The molecule has 1 N–H and O–H groups in total. The highest BCUT2D eigenvalue weighted by Crippen LogP contribution is 2.13. The molecule has 0 saturated carbocycles. The zero-order valence-corrected chi connectivity index (χ0v) is 15.9. The number of carbonyl (C=O) groups is 1. The summed E-state index contributed by atoms with van der Waals surface area (Å²) in [5.74, 6) is 0.867. The molecule has 0 aromatic carbocycles. The molecule has 0 atom stereocenters. The fourth-order valence-electron chi connectivity index (χ4n) is 3.23. The number of hydrogen-bond donors (Lipinski definition) is 1. The number of nitrogens with zero attached hydrogens (tertiary/aromatic N) is 5. The van der Waals surface area contributed by atoms with Crippen LogP contribution in [0.3, 0.4) is 0 Å². The standard InChI is InChI=1S/C19H28N6O/c1-15(2)22-18-6-5-17(12-20-18)19(26)25-8-4-7-24(9-10-25)14-16-11-21-23(3)13-16/h5-6,11-13,15H,4,7-10,14H2,1-3H3,(H,20,22). The van der Waals surface area contributed by atoms with Crippen LogP contribution in [0.4, 0.5) is 5.82 Å². The number of rotatable bonds is 5. The highest BCUT2D eigenvalue weighted by atomic mass is 16.2. The van der Waals surface area contributed by atoms with E-state index in [1.165, 1.54) is 5.56 Å². The Morgan fingerprint density at radius 3 is 2.69 bits per heavy atom. The number of aromatic nitrogens is 3. The summed E-state index contributed by atoms with van der Waals surface area (Å²) in [5, 5.41) is 7.47. The maximum absolute atomic E-state index is 12.8. The third kappa shape index (κ3) is 4.82. The molecule has 3 heterocycles. The minimum absolute atomic E-state index is 0.0665. The van der Waals surface area contributed by atoms with Gasteiger partial charge in [-0.2, -0.15) is 5.10 Å². The first-order chi connectivity index (χ1) is 12.5. The van der Waals surface area contributed by atoms with Gasteiger partial charge in [-0.05, 0) is 32.4 Å². The van der Waals surface area contributed by atoms with Crippen molar-refractivity contribution in [3.8, 4) is 0 Å². The molecule has 1 aliphatic heterocycles. The molecule has 7 heteroatoms. The second-order valence-corrected chi connectivity index (χ2v) is 7.18. The van der Waals surface area contributed by atoms with E-state index in [0.717, 1.165) is 45.0 Å². The lowest BCUT2D eigenvalue weighted by Gasteiger charge is -2.22. The number of aryl methyl sites for hydroxylation is 1. The number of anilines is 1. The Labute approximate surface area is 155 Å². The summed E-state index contributed by atoms with van der Waals surface area (Å²) in [6.07, 6.45) is 6.61. The average molecular weight is 356 g/mol. The summed E-state index contributed by atoms with van der Waals surface area (Å²) in [5.41, 5.74) is 1.87. The first-order valence-corrected chi connectivity index (χ1v) is 9.23. The van der Waals surface area contributed by atoms with Crippen molar-refractivity contribution in [3.63, 3.8) is 0 Å². The van der Waals surface area contributed by atoms with Gasteiger partial charge in [0.15, 0.2) is 0 Å². The zero-order valence-electron chi connectivity index (χ0n) is 15.9. The third-order valence-electron chi connectivity index (χ3n) is 4.49. The Kier molecular flexibility index (Phi) is 5.88. The van der Waals surface area contributed by atoms with Crippen molar-refractivity contribution in [2.45, 2.75) is 32.9 Å². The maximum Gasteiger partial charge on any atom is 0.255 e. The van der Waals surface area contributed by atoms with Crippen LogP contribution in [-0.2, 0) is 13.6 Å². The predicted molar refractivity (Wildman–Crippen MR) is 102 cm³/mol. The minimum atomic E-state index is 0.0665. The smallest absolute Gasteiger partial charge is 0.255 e. The van der Waals surface area contributed by atoms with Crippen molar-refractivity contribution < 1.29 is 4.79 Å². The van der Waals surface area contributed by atoms with E-state index in [4.69, 9.17) is 0 Å². The van der Waals surface area contributed by atoms with Gasteiger partial charge in [-0.1, -0.05) is 0 Å². The van der Waals surface area contributed by atoms with Crippen LogP contribution in [0.2, 0.25) is 0 Å². The number of carbonyl (C=O) groups excluding carboxylic acids is 1. The van der Waals surface area contributed by atoms with E-state index in [0.29, 0.717) is 11.6 Å². The molecular weight excluding hydrogens is 328 g/mol. The van der Waals surface area contributed by atoms with Gasteiger partial charge < -0.3 is 10.2 Å². The van der Waals surface area contributed by atoms with Crippen LogP contribution in [0, 0.1) is 0 Å². The number of hydrogen-bond acceptors (Lipinski definition) is 5. The van der Waals surface area contributed by atoms with Crippen LogP contribution in [0.5, 0.6) is 0 Å². The van der Waals surface area contributed by atoms with Crippen molar-refractivity contribution in [1.82, 2.24) is 24.6 Å². The molecule has 1 amide bonds. The molecule has 1 saturated heterocycles. The molecule has 140 valence electrons. The van der Waals surface area contributed by atoms with Crippen LogP contribution < -0.4 is 5.32 Å². The van der Waals surface area contributed by atoms with Gasteiger partial charge in [0.05, 0.1) is 11.8 Å². The molecule has 7 nitrogen and oxygen atoms in total. The lowest BCUT2D eigenvalue weighted by Crippen LogP contribution is -2.35. The van der Waals surface area contributed by atoms with Gasteiger partial charge in [-0.15, -0.1) is 0 Å². The molecule has 3 rings (SSSR count). The molecular formula is C19H28N6O. The van der Waals surface area contributed by atoms with E-state index < -0.39 is 0 Å². The summed E-state index contributed by atoms with van der Waals surface area (Å²) >= 11 is 0. The van der Waals surface area contributed by atoms with E-state index in [1.54, 1.807) is 6.20 Å². The molecule has 0 unspecified atom stereocenters. The largest absolute Gasteiger partial charge is 0.368 e. The van der Waals surface area contributed by atoms with Crippen LogP contribution >= 0.6 is 0 Å². The molecule has 2 aromatic heterocycles. The van der Waals surface area contributed by atoms with E-state index >= 15 is 0 Å². The van der Waals surface area contributed by atoms with E-state index in [-0.39, 0.29) is 5.91 Å². The van der Waals surface area contributed by atoms with Crippen LogP contribution in [0.15, 0.2) is 30.7 Å². The summed E-state index contributed by atoms with van der Waals surface area (Å²) in [6, 6.07) is 4.05. The minimum Gasteiger partial charge on any atom is -0.368 e. The SMILES string of the molecule is CC(C)Nc1ccc(C(=O)N2CCCN(Cc3cnn(C)c3)CC2)cn1. The second kappa shape index (κ2) is 8.31. The zero-order chi connectivity index (χ0) is 18.5. The summed E-state index contributed by atoms with van der Waals surface area (Å²) < 4.78 is 1.83. The van der Waals surface area contributed by atoms with E-state index in [9.17, 15) is 4.79 Å². The van der Waals surface area contributed by atoms with Gasteiger partial charge in [0, 0.05) is 63.8 Å². The fourth-order valence-corrected chi connectivity index (χ4v) is 3.23. The Hall–Kier alpha value is -2.41. The van der Waals surface area contributed by atoms with Gasteiger partial charge in [0.1, 0.15) is 5.82 Å². The second-order valence-electron chi connectivity index (χ2n) is 7.18. The number of nitrogens with one attached hydrogen (secondary N) is 1. The van der Waals surface area contributed by atoms with E-state index in [1.807, 2.05) is 41.2 Å². The monoisotopic (exact) mass is 356 g/mol. The number of amides is 1. The van der Waals surface area contributed by atoms with E-state index in [2.05, 4.69) is 34.1 Å². The molecule has 0 radical (unpaired) electrons. The molecule has 26 heavy (non-hydrogen) atoms. The first-order valence-electron chi connectivity index (χ1n) is 9.23. The molecule has 0 aliphatic carbocycles. The van der Waals surface area contributed by atoms with Gasteiger partial charge in [0.2, 0.25) is 0 Å².